The lowest BCUT2D eigenvalue weighted by molar-refractivity contribution is -0.138. The Kier molecular flexibility index (Phi) is 4.41. The van der Waals surface area contributed by atoms with Crippen LogP contribution in [0.25, 0.3) is 0 Å². The fourth-order valence-electron chi connectivity index (χ4n) is 1.06. The molecule has 0 aliphatic heterocycles. The monoisotopic (exact) mass is 269 g/mol. The fourth-order valence-corrected chi connectivity index (χ4v) is 1.21. The highest BCUT2D eigenvalue weighted by atomic mass is 35.5. The van der Waals surface area contributed by atoms with Crippen LogP contribution in [0.3, 0.4) is 0 Å². The fraction of sp³-hybridized carbons (Fsp3) is 0.444. The van der Waals surface area contributed by atoms with Crippen molar-refractivity contribution in [1.29, 1.82) is 0 Å². The first-order valence-corrected chi connectivity index (χ1v) is 5.00. The Hall–Kier alpha value is -1.21. The Morgan fingerprint density at radius 3 is 2.59 bits per heavy atom. The summed E-state index contributed by atoms with van der Waals surface area (Å²) in [5, 5.41) is 2.37. The van der Waals surface area contributed by atoms with E-state index in [4.69, 9.17) is 11.6 Å². The average molecular weight is 270 g/mol. The van der Waals surface area contributed by atoms with Gasteiger partial charge in [0.25, 0.3) is 0 Å². The molecular formula is C9H11ClF3N3O. The zero-order valence-corrected chi connectivity index (χ0v) is 9.86. The van der Waals surface area contributed by atoms with Crippen LogP contribution in [0.5, 0.6) is 0 Å². The second-order valence-electron chi connectivity index (χ2n) is 3.27. The zero-order chi connectivity index (χ0) is 13.1. The van der Waals surface area contributed by atoms with Crippen LogP contribution in [0.1, 0.15) is 6.92 Å². The van der Waals surface area contributed by atoms with Crippen LogP contribution in [0.4, 0.5) is 24.5 Å². The van der Waals surface area contributed by atoms with Gasteiger partial charge in [-0.3, -0.25) is 10.3 Å². The molecule has 1 heterocycles. The van der Waals surface area contributed by atoms with E-state index in [1.807, 2.05) is 0 Å². The molecule has 17 heavy (non-hydrogen) atoms. The maximum atomic E-state index is 12.4. The number of rotatable bonds is 4. The van der Waals surface area contributed by atoms with Crippen molar-refractivity contribution in [2.24, 2.45) is 0 Å². The summed E-state index contributed by atoms with van der Waals surface area (Å²) in [4.78, 5) is 8.35. The van der Waals surface area contributed by atoms with Gasteiger partial charge in [-0.25, -0.2) is 4.98 Å². The number of nitrogens with zero attached hydrogens (tertiary/aromatic N) is 1. The zero-order valence-electron chi connectivity index (χ0n) is 9.10. The van der Waals surface area contributed by atoms with E-state index in [-0.39, 0.29) is 16.5 Å². The molecule has 0 aliphatic carbocycles. The second kappa shape index (κ2) is 5.42. The smallest absolute Gasteiger partial charge is 0.372 e. The molecule has 0 aromatic carbocycles. The van der Waals surface area contributed by atoms with Crippen molar-refractivity contribution in [3.8, 4) is 0 Å². The van der Waals surface area contributed by atoms with E-state index in [1.165, 1.54) is 19.4 Å². The minimum absolute atomic E-state index is 0.0866. The number of pyridine rings is 1. The molecular weight excluding hydrogens is 259 g/mol. The van der Waals surface area contributed by atoms with Gasteiger partial charge >= 0.3 is 6.18 Å². The predicted molar refractivity (Wildman–Crippen MR) is 59.0 cm³/mol. The number of hydrogen-bond donors (Lipinski definition) is 2. The maximum absolute atomic E-state index is 12.4. The lowest BCUT2D eigenvalue weighted by Crippen LogP contribution is -2.33. The van der Waals surface area contributed by atoms with Crippen LogP contribution in [0, 0.1) is 0 Å². The summed E-state index contributed by atoms with van der Waals surface area (Å²) in [5.74, 6) is 0. The average Bonchev–Trinajstić information content (AvgIpc) is 2.21. The first kappa shape index (κ1) is 13.9. The Labute approximate surface area is 101 Å². The van der Waals surface area contributed by atoms with Crippen molar-refractivity contribution >= 4 is 23.0 Å². The van der Waals surface area contributed by atoms with Gasteiger partial charge < -0.3 is 5.32 Å². The third kappa shape index (κ3) is 3.94. The molecule has 1 rings (SSSR count). The molecule has 0 saturated heterocycles. The molecule has 96 valence electrons. The molecule has 2 N–H and O–H groups in total. The Morgan fingerprint density at radius 2 is 2.06 bits per heavy atom. The number of nitrogens with one attached hydrogen (secondary N) is 2. The van der Waals surface area contributed by atoms with Crippen molar-refractivity contribution in [2.45, 2.75) is 19.1 Å². The minimum Gasteiger partial charge on any atom is -0.372 e. The molecule has 0 fully saturated rings. The van der Waals surface area contributed by atoms with Crippen molar-refractivity contribution < 1.29 is 18.0 Å². The molecule has 1 aromatic heterocycles. The lowest BCUT2D eigenvalue weighted by Gasteiger charge is -2.20. The number of aromatic nitrogens is 1. The van der Waals surface area contributed by atoms with E-state index in [0.717, 1.165) is 6.92 Å². The third-order valence-electron chi connectivity index (χ3n) is 1.95. The Balaban J connectivity index is 2.92. The van der Waals surface area contributed by atoms with Crippen LogP contribution < -0.4 is 10.8 Å². The van der Waals surface area contributed by atoms with Crippen LogP contribution >= 0.6 is 11.6 Å². The van der Waals surface area contributed by atoms with Gasteiger partial charge in [0.1, 0.15) is 16.9 Å². The standard InChI is InChI=1S/C9H11ClF3N3O/c1-5(9(11,12)13)15-6-3-8(10)14-4-7(6)16-17-2/h3-5,16H,1-2H3,(H,14,15). The molecule has 4 nitrogen and oxygen atoms in total. The van der Waals surface area contributed by atoms with Crippen molar-refractivity contribution in [3.63, 3.8) is 0 Å². The number of anilines is 2. The number of halogens is 4. The summed E-state index contributed by atoms with van der Waals surface area (Å²) in [6.45, 7) is 1.00. The Morgan fingerprint density at radius 1 is 1.41 bits per heavy atom. The quantitative estimate of drug-likeness (QED) is 0.651. The van der Waals surface area contributed by atoms with E-state index in [9.17, 15) is 13.2 Å². The highest BCUT2D eigenvalue weighted by molar-refractivity contribution is 6.29. The molecule has 1 atom stereocenters. The SMILES string of the molecule is CONc1cnc(Cl)cc1NC(C)C(F)(F)F. The largest absolute Gasteiger partial charge is 0.408 e. The first-order valence-electron chi connectivity index (χ1n) is 4.62. The van der Waals surface area contributed by atoms with Crippen molar-refractivity contribution in [3.05, 3.63) is 17.4 Å². The van der Waals surface area contributed by atoms with E-state index >= 15 is 0 Å². The molecule has 0 aliphatic rings. The van der Waals surface area contributed by atoms with Crippen molar-refractivity contribution in [2.75, 3.05) is 17.9 Å². The Bertz CT molecular complexity index is 386. The normalized spacial score (nSPS) is 13.3. The molecule has 1 aromatic rings. The summed E-state index contributed by atoms with van der Waals surface area (Å²) in [6.07, 6.45) is -3.07. The predicted octanol–water partition coefficient (Wildman–Crippen LogP) is 3.07. The van der Waals surface area contributed by atoms with E-state index < -0.39 is 12.2 Å². The van der Waals surface area contributed by atoms with Crippen LogP contribution in [0.15, 0.2) is 12.3 Å². The molecule has 0 saturated carbocycles. The molecule has 0 spiro atoms. The van der Waals surface area contributed by atoms with E-state index in [2.05, 4.69) is 20.6 Å². The summed E-state index contributed by atoms with van der Waals surface area (Å²) >= 11 is 5.61. The van der Waals surface area contributed by atoms with Gasteiger partial charge in [-0.2, -0.15) is 13.2 Å². The van der Waals surface area contributed by atoms with Crippen LogP contribution in [-0.2, 0) is 4.84 Å². The highest BCUT2D eigenvalue weighted by Crippen LogP contribution is 2.28. The number of alkyl halides is 3. The molecule has 1 unspecified atom stereocenters. The minimum atomic E-state index is -4.35. The number of hydrogen-bond acceptors (Lipinski definition) is 4. The van der Waals surface area contributed by atoms with Gasteiger partial charge in [-0.05, 0) is 6.92 Å². The molecule has 0 radical (unpaired) electrons. The topological polar surface area (TPSA) is 46.2 Å². The van der Waals surface area contributed by atoms with E-state index in [1.54, 1.807) is 0 Å². The van der Waals surface area contributed by atoms with Crippen molar-refractivity contribution in [1.82, 2.24) is 4.98 Å². The summed E-state index contributed by atoms with van der Waals surface area (Å²) < 4.78 is 37.2. The van der Waals surface area contributed by atoms with Gasteiger partial charge in [0.2, 0.25) is 0 Å². The third-order valence-corrected chi connectivity index (χ3v) is 2.15. The van der Waals surface area contributed by atoms with Crippen LogP contribution in [0.2, 0.25) is 5.15 Å². The maximum Gasteiger partial charge on any atom is 0.408 e. The van der Waals surface area contributed by atoms with Gasteiger partial charge in [0.15, 0.2) is 0 Å². The second-order valence-corrected chi connectivity index (χ2v) is 3.65. The summed E-state index contributed by atoms with van der Waals surface area (Å²) in [5.41, 5.74) is 2.84. The molecule has 0 bridgehead atoms. The molecule has 0 amide bonds. The van der Waals surface area contributed by atoms with Crippen LogP contribution in [-0.4, -0.2) is 24.3 Å². The summed E-state index contributed by atoms with van der Waals surface area (Å²) in [7, 11) is 1.34. The highest BCUT2D eigenvalue weighted by Gasteiger charge is 2.36. The molecule has 8 heteroatoms. The van der Waals surface area contributed by atoms with Gasteiger partial charge in [0, 0.05) is 6.07 Å². The summed E-state index contributed by atoms with van der Waals surface area (Å²) in [6, 6.07) is -0.427. The van der Waals surface area contributed by atoms with Gasteiger partial charge in [0.05, 0.1) is 19.0 Å². The van der Waals surface area contributed by atoms with Gasteiger partial charge in [-0.15, -0.1) is 0 Å². The van der Waals surface area contributed by atoms with Gasteiger partial charge in [-0.1, -0.05) is 11.6 Å². The lowest BCUT2D eigenvalue weighted by atomic mass is 10.2. The van der Waals surface area contributed by atoms with E-state index in [0.29, 0.717) is 0 Å². The first-order chi connectivity index (χ1) is 7.84.